The number of amides is 1. The summed E-state index contributed by atoms with van der Waals surface area (Å²) in [4.78, 5) is 11.5. The second kappa shape index (κ2) is 4.48. The average molecular weight is 240 g/mol. The predicted octanol–water partition coefficient (Wildman–Crippen LogP) is 1.90. The highest BCUT2D eigenvalue weighted by molar-refractivity contribution is 5.67. The number of carbonyl (C=O) groups is 1. The van der Waals surface area contributed by atoms with Crippen LogP contribution in [0.1, 0.15) is 40.0 Å². The topological polar surface area (TPSA) is 50.4 Å². The van der Waals surface area contributed by atoms with E-state index >= 15 is 0 Å². The third-order valence-corrected chi connectivity index (χ3v) is 4.02. The van der Waals surface area contributed by atoms with Gasteiger partial charge in [0.25, 0.3) is 0 Å². The van der Waals surface area contributed by atoms with Gasteiger partial charge in [0.15, 0.2) is 0 Å². The standard InChI is InChI=1S/C13H24N2O2/c1-12(2,3)17-11(16)15-7-6-13-5-4-10(13)8-14-9-13/h10,14H,4-9H2,1-3H3,(H,15,16). The Bertz CT molecular complexity index is 298. The summed E-state index contributed by atoms with van der Waals surface area (Å²) in [7, 11) is 0. The van der Waals surface area contributed by atoms with Crippen LogP contribution in [0.25, 0.3) is 0 Å². The van der Waals surface area contributed by atoms with Crippen LogP contribution < -0.4 is 10.6 Å². The van der Waals surface area contributed by atoms with Crippen LogP contribution in [0.15, 0.2) is 0 Å². The van der Waals surface area contributed by atoms with Gasteiger partial charge in [-0.25, -0.2) is 4.79 Å². The lowest BCUT2D eigenvalue weighted by Gasteiger charge is -2.44. The van der Waals surface area contributed by atoms with E-state index in [1.165, 1.54) is 12.8 Å². The number of carbonyl (C=O) groups excluding carboxylic acids is 1. The van der Waals surface area contributed by atoms with Crippen LogP contribution in [-0.2, 0) is 4.74 Å². The Kier molecular flexibility index (Phi) is 3.34. The van der Waals surface area contributed by atoms with Crippen molar-refractivity contribution in [3.8, 4) is 0 Å². The molecule has 0 aromatic heterocycles. The third kappa shape index (κ3) is 2.92. The smallest absolute Gasteiger partial charge is 0.407 e. The maximum absolute atomic E-state index is 11.5. The summed E-state index contributed by atoms with van der Waals surface area (Å²) >= 11 is 0. The SMILES string of the molecule is CC(C)(C)OC(=O)NCCC12CCC1CNC2. The predicted molar refractivity (Wildman–Crippen MR) is 66.9 cm³/mol. The van der Waals surface area contributed by atoms with Gasteiger partial charge in [-0.1, -0.05) is 0 Å². The quantitative estimate of drug-likeness (QED) is 0.792. The molecule has 0 aromatic carbocycles. The first-order valence-corrected chi connectivity index (χ1v) is 6.59. The minimum atomic E-state index is -0.406. The van der Waals surface area contributed by atoms with E-state index in [1.807, 2.05) is 20.8 Å². The number of hydrogen-bond donors (Lipinski definition) is 2. The zero-order valence-corrected chi connectivity index (χ0v) is 11.1. The van der Waals surface area contributed by atoms with Gasteiger partial charge in [0.2, 0.25) is 0 Å². The first-order valence-electron chi connectivity index (χ1n) is 6.59. The first kappa shape index (κ1) is 12.7. The number of rotatable bonds is 3. The molecule has 2 rings (SSSR count). The zero-order valence-electron chi connectivity index (χ0n) is 11.1. The van der Waals surface area contributed by atoms with E-state index in [4.69, 9.17) is 4.74 Å². The van der Waals surface area contributed by atoms with Crippen molar-refractivity contribution in [2.24, 2.45) is 11.3 Å². The van der Waals surface area contributed by atoms with Crippen molar-refractivity contribution in [1.29, 1.82) is 0 Å². The number of nitrogens with one attached hydrogen (secondary N) is 2. The Morgan fingerprint density at radius 1 is 1.53 bits per heavy atom. The van der Waals surface area contributed by atoms with Crippen molar-refractivity contribution in [1.82, 2.24) is 10.6 Å². The fourth-order valence-corrected chi connectivity index (χ4v) is 2.95. The van der Waals surface area contributed by atoms with E-state index in [1.54, 1.807) is 0 Å². The van der Waals surface area contributed by atoms with Crippen LogP contribution in [0.2, 0.25) is 0 Å². The largest absolute Gasteiger partial charge is 0.444 e. The summed E-state index contributed by atoms with van der Waals surface area (Å²) in [6, 6.07) is 0. The molecule has 2 aliphatic rings. The number of fused-ring (bicyclic) bond motifs is 1. The van der Waals surface area contributed by atoms with Crippen molar-refractivity contribution in [3.63, 3.8) is 0 Å². The molecule has 1 heterocycles. The Morgan fingerprint density at radius 3 is 2.82 bits per heavy atom. The van der Waals surface area contributed by atoms with Gasteiger partial charge in [-0.2, -0.15) is 0 Å². The van der Waals surface area contributed by atoms with Crippen LogP contribution in [0.3, 0.4) is 0 Å². The highest BCUT2D eigenvalue weighted by Crippen LogP contribution is 2.51. The van der Waals surface area contributed by atoms with Crippen molar-refractivity contribution in [2.75, 3.05) is 19.6 Å². The summed E-state index contributed by atoms with van der Waals surface area (Å²) in [5.74, 6) is 0.836. The highest BCUT2D eigenvalue weighted by Gasteiger charge is 2.49. The molecule has 1 saturated carbocycles. The minimum Gasteiger partial charge on any atom is -0.444 e. The van der Waals surface area contributed by atoms with E-state index in [0.717, 1.165) is 32.0 Å². The molecule has 1 aliphatic carbocycles. The van der Waals surface area contributed by atoms with E-state index in [9.17, 15) is 4.79 Å². The number of hydrogen-bond acceptors (Lipinski definition) is 3. The maximum Gasteiger partial charge on any atom is 0.407 e. The molecule has 0 aromatic rings. The molecule has 4 nitrogen and oxygen atoms in total. The van der Waals surface area contributed by atoms with Gasteiger partial charge in [-0.3, -0.25) is 0 Å². The molecule has 1 amide bonds. The van der Waals surface area contributed by atoms with Crippen molar-refractivity contribution in [2.45, 2.75) is 45.6 Å². The van der Waals surface area contributed by atoms with Gasteiger partial charge < -0.3 is 15.4 Å². The molecule has 17 heavy (non-hydrogen) atoms. The first-order chi connectivity index (χ1) is 7.91. The van der Waals surface area contributed by atoms with Gasteiger partial charge in [0.1, 0.15) is 5.60 Å². The van der Waals surface area contributed by atoms with Crippen molar-refractivity contribution < 1.29 is 9.53 Å². The van der Waals surface area contributed by atoms with Crippen LogP contribution in [-0.4, -0.2) is 31.3 Å². The molecule has 4 heteroatoms. The second-order valence-electron chi connectivity index (χ2n) is 6.41. The minimum absolute atomic E-state index is 0.296. The Labute approximate surface area is 103 Å². The van der Waals surface area contributed by atoms with Crippen LogP contribution in [0.5, 0.6) is 0 Å². The summed E-state index contributed by atoms with van der Waals surface area (Å²) in [6.45, 7) is 8.66. The van der Waals surface area contributed by atoms with Gasteiger partial charge in [-0.15, -0.1) is 0 Å². The van der Waals surface area contributed by atoms with E-state index < -0.39 is 5.60 Å². The normalized spacial score (nSPS) is 31.6. The highest BCUT2D eigenvalue weighted by atomic mass is 16.6. The third-order valence-electron chi connectivity index (χ3n) is 4.02. The maximum atomic E-state index is 11.5. The molecule has 2 unspecified atom stereocenters. The molecule has 1 aliphatic heterocycles. The van der Waals surface area contributed by atoms with Crippen molar-refractivity contribution in [3.05, 3.63) is 0 Å². The van der Waals surface area contributed by atoms with Crippen LogP contribution in [0.4, 0.5) is 4.79 Å². The molecule has 98 valence electrons. The van der Waals surface area contributed by atoms with Gasteiger partial charge in [0.05, 0.1) is 0 Å². The summed E-state index contributed by atoms with van der Waals surface area (Å²) in [5, 5.41) is 6.31. The molecule has 2 atom stereocenters. The Balaban J connectivity index is 1.68. The van der Waals surface area contributed by atoms with Gasteiger partial charge in [-0.05, 0) is 57.9 Å². The summed E-state index contributed by atoms with van der Waals surface area (Å²) < 4.78 is 5.21. The lowest BCUT2D eigenvalue weighted by Crippen LogP contribution is -2.43. The van der Waals surface area contributed by atoms with Gasteiger partial charge in [0, 0.05) is 13.1 Å². The van der Waals surface area contributed by atoms with Crippen LogP contribution in [0, 0.1) is 11.3 Å². The van der Waals surface area contributed by atoms with E-state index in [0.29, 0.717) is 5.41 Å². The molecule has 1 saturated heterocycles. The number of ether oxygens (including phenoxy) is 1. The molecular weight excluding hydrogens is 216 g/mol. The number of alkyl carbamates (subject to hydrolysis) is 1. The Hall–Kier alpha value is -0.770. The molecule has 0 spiro atoms. The van der Waals surface area contributed by atoms with E-state index in [-0.39, 0.29) is 6.09 Å². The fourth-order valence-electron chi connectivity index (χ4n) is 2.95. The lowest BCUT2D eigenvalue weighted by atomic mass is 9.60. The molecular formula is C13H24N2O2. The molecule has 2 fully saturated rings. The van der Waals surface area contributed by atoms with Crippen LogP contribution >= 0.6 is 0 Å². The van der Waals surface area contributed by atoms with Crippen molar-refractivity contribution >= 4 is 6.09 Å². The lowest BCUT2D eigenvalue weighted by molar-refractivity contribution is 0.0470. The summed E-state index contributed by atoms with van der Waals surface area (Å²) in [5.41, 5.74) is 0.0608. The fraction of sp³-hybridized carbons (Fsp3) is 0.923. The Morgan fingerprint density at radius 2 is 2.29 bits per heavy atom. The monoisotopic (exact) mass is 240 g/mol. The zero-order chi connectivity index (χ0) is 12.5. The molecule has 2 N–H and O–H groups in total. The second-order valence-corrected chi connectivity index (χ2v) is 6.41. The van der Waals surface area contributed by atoms with E-state index in [2.05, 4.69) is 10.6 Å². The molecule has 0 bridgehead atoms. The average Bonchev–Trinajstić information content (AvgIpc) is 2.42. The van der Waals surface area contributed by atoms with Gasteiger partial charge >= 0.3 is 6.09 Å². The molecule has 0 radical (unpaired) electrons. The summed E-state index contributed by atoms with van der Waals surface area (Å²) in [6.07, 6.45) is 3.43.